The van der Waals surface area contributed by atoms with E-state index in [1.54, 1.807) is 0 Å². The van der Waals surface area contributed by atoms with Crippen molar-refractivity contribution in [3.05, 3.63) is 35.4 Å². The van der Waals surface area contributed by atoms with E-state index in [0.717, 1.165) is 37.6 Å². The van der Waals surface area contributed by atoms with Crippen molar-refractivity contribution in [2.75, 3.05) is 20.1 Å². The predicted octanol–water partition coefficient (Wildman–Crippen LogP) is 3.35. The molecule has 2 nitrogen and oxygen atoms in total. The second-order valence-corrected chi connectivity index (χ2v) is 5.94. The smallest absolute Gasteiger partial charge is 0.126 e. The fourth-order valence-electron chi connectivity index (χ4n) is 3.37. The summed E-state index contributed by atoms with van der Waals surface area (Å²) in [7, 11) is 1.93. The Bertz CT molecular complexity index is 426. The Kier molecular flexibility index (Phi) is 5.11. The fourth-order valence-corrected chi connectivity index (χ4v) is 3.37. The van der Waals surface area contributed by atoms with Crippen LogP contribution in [0.1, 0.15) is 38.3 Å². The zero-order valence-corrected chi connectivity index (χ0v) is 12.5. The first kappa shape index (κ1) is 15.4. The SMILES string of the molecule is CNCC1CCCN(C(C)C)C1c1cc(F)cc(F)c1. The van der Waals surface area contributed by atoms with Crippen LogP contribution in [0.25, 0.3) is 0 Å². The zero-order chi connectivity index (χ0) is 14.7. The van der Waals surface area contributed by atoms with Gasteiger partial charge in [0.25, 0.3) is 0 Å². The summed E-state index contributed by atoms with van der Waals surface area (Å²) >= 11 is 0. The van der Waals surface area contributed by atoms with E-state index in [1.165, 1.54) is 12.1 Å². The minimum absolute atomic E-state index is 0.0846. The van der Waals surface area contributed by atoms with E-state index in [2.05, 4.69) is 24.1 Å². The van der Waals surface area contributed by atoms with Crippen LogP contribution < -0.4 is 5.32 Å². The standard InChI is InChI=1S/C16H24F2N2/c1-11(2)20-6-4-5-12(10-19-3)16(20)13-7-14(17)9-15(18)8-13/h7-9,11-12,16,19H,4-6,10H2,1-3H3. The molecule has 112 valence electrons. The number of benzene rings is 1. The Balaban J connectivity index is 2.37. The molecule has 0 radical (unpaired) electrons. The molecule has 1 saturated heterocycles. The summed E-state index contributed by atoms with van der Waals surface area (Å²) in [5.74, 6) is -0.590. The Morgan fingerprint density at radius 1 is 1.25 bits per heavy atom. The molecule has 0 aromatic heterocycles. The van der Waals surface area contributed by atoms with E-state index in [9.17, 15) is 8.78 Å². The fraction of sp³-hybridized carbons (Fsp3) is 0.625. The lowest BCUT2D eigenvalue weighted by Crippen LogP contribution is -2.45. The van der Waals surface area contributed by atoms with Crippen molar-refractivity contribution >= 4 is 0 Å². The second kappa shape index (κ2) is 6.64. The molecule has 0 spiro atoms. The molecule has 2 rings (SSSR count). The number of hydrogen-bond donors (Lipinski definition) is 1. The van der Waals surface area contributed by atoms with Crippen molar-refractivity contribution in [3.63, 3.8) is 0 Å². The Morgan fingerprint density at radius 3 is 2.45 bits per heavy atom. The third kappa shape index (κ3) is 3.36. The van der Waals surface area contributed by atoms with Gasteiger partial charge in [-0.15, -0.1) is 0 Å². The van der Waals surface area contributed by atoms with E-state index >= 15 is 0 Å². The van der Waals surface area contributed by atoms with Gasteiger partial charge in [-0.2, -0.15) is 0 Å². The number of halogens is 2. The van der Waals surface area contributed by atoms with Gasteiger partial charge in [-0.1, -0.05) is 0 Å². The van der Waals surface area contributed by atoms with Crippen molar-refractivity contribution in [3.8, 4) is 0 Å². The summed E-state index contributed by atoms with van der Waals surface area (Å²) in [6.07, 6.45) is 2.23. The molecular weight excluding hydrogens is 258 g/mol. The molecule has 0 aliphatic carbocycles. The average Bonchev–Trinajstić information content (AvgIpc) is 2.37. The highest BCUT2D eigenvalue weighted by molar-refractivity contribution is 5.23. The molecule has 2 unspecified atom stereocenters. The lowest BCUT2D eigenvalue weighted by atomic mass is 9.83. The van der Waals surface area contributed by atoms with Gasteiger partial charge in [0.05, 0.1) is 0 Å². The Hall–Kier alpha value is -1.00. The number of likely N-dealkylation sites (tertiary alicyclic amines) is 1. The topological polar surface area (TPSA) is 15.3 Å². The molecule has 0 saturated carbocycles. The Morgan fingerprint density at radius 2 is 1.90 bits per heavy atom. The van der Waals surface area contributed by atoms with Crippen molar-refractivity contribution in [2.24, 2.45) is 5.92 Å². The van der Waals surface area contributed by atoms with Crippen LogP contribution in [-0.4, -0.2) is 31.1 Å². The quantitative estimate of drug-likeness (QED) is 0.911. The van der Waals surface area contributed by atoms with Crippen LogP contribution in [0.5, 0.6) is 0 Å². The molecule has 0 bridgehead atoms. The van der Waals surface area contributed by atoms with Crippen LogP contribution in [0.15, 0.2) is 18.2 Å². The maximum absolute atomic E-state index is 13.5. The molecule has 1 fully saturated rings. The van der Waals surface area contributed by atoms with Crippen LogP contribution in [0.3, 0.4) is 0 Å². The van der Waals surface area contributed by atoms with E-state index in [-0.39, 0.29) is 6.04 Å². The monoisotopic (exact) mass is 282 g/mol. The number of nitrogens with zero attached hydrogens (tertiary/aromatic N) is 1. The van der Waals surface area contributed by atoms with Gasteiger partial charge >= 0.3 is 0 Å². The van der Waals surface area contributed by atoms with Crippen molar-refractivity contribution in [1.82, 2.24) is 10.2 Å². The van der Waals surface area contributed by atoms with Crippen molar-refractivity contribution < 1.29 is 8.78 Å². The van der Waals surface area contributed by atoms with Crippen LogP contribution in [0, 0.1) is 17.6 Å². The lowest BCUT2D eigenvalue weighted by Gasteiger charge is -2.44. The molecule has 0 amide bonds. The lowest BCUT2D eigenvalue weighted by molar-refractivity contribution is 0.0632. The summed E-state index contributed by atoms with van der Waals surface area (Å²) in [5.41, 5.74) is 0.760. The minimum atomic E-state index is -0.488. The molecule has 20 heavy (non-hydrogen) atoms. The summed E-state index contributed by atoms with van der Waals surface area (Å²) in [5, 5.41) is 3.21. The molecule has 4 heteroatoms. The summed E-state index contributed by atoms with van der Waals surface area (Å²) in [6, 6.07) is 4.36. The maximum atomic E-state index is 13.5. The first-order chi connectivity index (χ1) is 9.52. The van der Waals surface area contributed by atoms with Gasteiger partial charge in [-0.25, -0.2) is 8.78 Å². The molecule has 1 aliphatic heterocycles. The summed E-state index contributed by atoms with van der Waals surface area (Å²) < 4.78 is 27.1. The highest BCUT2D eigenvalue weighted by Gasteiger charge is 2.33. The van der Waals surface area contributed by atoms with Crippen molar-refractivity contribution in [1.29, 1.82) is 0 Å². The van der Waals surface area contributed by atoms with Gasteiger partial charge in [-0.05, 0) is 70.4 Å². The van der Waals surface area contributed by atoms with Crippen molar-refractivity contribution in [2.45, 2.75) is 38.8 Å². The molecule has 1 N–H and O–H groups in total. The first-order valence-corrected chi connectivity index (χ1v) is 7.39. The van der Waals surface area contributed by atoms with Gasteiger partial charge in [0.2, 0.25) is 0 Å². The molecule has 1 aromatic rings. The third-order valence-electron chi connectivity index (χ3n) is 4.15. The molecule has 2 atom stereocenters. The molecule has 1 aromatic carbocycles. The number of rotatable bonds is 4. The van der Waals surface area contributed by atoms with Crippen LogP contribution in [0.4, 0.5) is 8.78 Å². The summed E-state index contributed by atoms with van der Waals surface area (Å²) in [4.78, 5) is 2.36. The van der Waals surface area contributed by atoms with Gasteiger partial charge < -0.3 is 5.32 Å². The number of piperidine rings is 1. The predicted molar refractivity (Wildman–Crippen MR) is 77.6 cm³/mol. The number of hydrogen-bond acceptors (Lipinski definition) is 2. The van der Waals surface area contributed by atoms with E-state index in [0.29, 0.717) is 12.0 Å². The minimum Gasteiger partial charge on any atom is -0.319 e. The summed E-state index contributed by atoms with van der Waals surface area (Å²) in [6.45, 7) is 6.14. The number of nitrogens with one attached hydrogen (secondary N) is 1. The first-order valence-electron chi connectivity index (χ1n) is 7.39. The largest absolute Gasteiger partial charge is 0.319 e. The second-order valence-electron chi connectivity index (χ2n) is 5.94. The van der Waals surface area contributed by atoms with E-state index < -0.39 is 11.6 Å². The molecule has 1 aliphatic rings. The highest BCUT2D eigenvalue weighted by Crippen LogP contribution is 2.37. The normalized spacial score (nSPS) is 24.3. The van der Waals surface area contributed by atoms with Crippen LogP contribution in [0.2, 0.25) is 0 Å². The molecular formula is C16H24F2N2. The average molecular weight is 282 g/mol. The zero-order valence-electron chi connectivity index (χ0n) is 12.5. The van der Waals surface area contributed by atoms with E-state index in [1.807, 2.05) is 7.05 Å². The van der Waals surface area contributed by atoms with Crippen LogP contribution >= 0.6 is 0 Å². The molecule has 1 heterocycles. The van der Waals surface area contributed by atoms with Gasteiger partial charge in [0, 0.05) is 18.2 Å². The highest BCUT2D eigenvalue weighted by atomic mass is 19.1. The van der Waals surface area contributed by atoms with Gasteiger partial charge in [0.15, 0.2) is 0 Å². The maximum Gasteiger partial charge on any atom is 0.126 e. The van der Waals surface area contributed by atoms with Gasteiger partial charge in [-0.3, -0.25) is 4.90 Å². The van der Waals surface area contributed by atoms with Crippen LogP contribution in [-0.2, 0) is 0 Å². The third-order valence-corrected chi connectivity index (χ3v) is 4.15. The van der Waals surface area contributed by atoms with Gasteiger partial charge in [0.1, 0.15) is 11.6 Å². The Labute approximate surface area is 120 Å². The van der Waals surface area contributed by atoms with E-state index in [4.69, 9.17) is 0 Å².